The first kappa shape index (κ1) is 28.6. The van der Waals surface area contributed by atoms with Gasteiger partial charge in [0.15, 0.2) is 12.4 Å². The van der Waals surface area contributed by atoms with Gasteiger partial charge in [-0.15, -0.1) is 0 Å². The Kier molecular flexibility index (Phi) is 23.6. The maximum atomic E-state index is 2.30. The smallest absolute Gasteiger partial charge is 0.168 e. The van der Waals surface area contributed by atoms with Gasteiger partial charge in [-0.2, -0.15) is 0 Å². The predicted molar refractivity (Wildman–Crippen MR) is 125 cm³/mol. The Morgan fingerprint density at radius 3 is 1.07 bits per heavy atom. The Hall–Kier alpha value is -0.370. The third kappa shape index (κ3) is 20.7. The van der Waals surface area contributed by atoms with Crippen molar-refractivity contribution in [3.05, 3.63) is 30.6 Å². The van der Waals surface area contributed by atoms with Gasteiger partial charge in [0.1, 0.15) is 6.54 Å². The molecule has 170 valence electrons. The molecule has 0 aliphatic carbocycles. The molecule has 29 heavy (non-hydrogen) atoms. The van der Waals surface area contributed by atoms with Gasteiger partial charge < -0.3 is 17.0 Å². The molecule has 0 bridgehead atoms. The van der Waals surface area contributed by atoms with Crippen molar-refractivity contribution in [1.82, 2.24) is 0 Å². The average Bonchev–Trinajstić information content (AvgIpc) is 2.73. The lowest BCUT2D eigenvalue weighted by Gasteiger charge is -2.04. The molecule has 1 heterocycles. The third-order valence-corrected chi connectivity index (χ3v) is 6.05. The maximum absolute atomic E-state index is 2.30. The second-order valence-electron chi connectivity index (χ2n) is 8.83. The highest BCUT2D eigenvalue weighted by Crippen LogP contribution is 2.14. The molecule has 0 N–H and O–H groups in total. The molecule has 0 aliphatic heterocycles. The SMILES string of the molecule is CCCCCCCCCCCCCCCCCCCCCC[n+]1ccccc1.[Br-]. The normalized spacial score (nSPS) is 10.8. The minimum atomic E-state index is 0. The standard InChI is InChI=1S/C27H50N.BrH/c1-2-3-4-5-6-7-8-9-10-11-12-13-14-15-16-17-18-19-20-22-25-28-26-23-21-24-27-28;/h21,23-24,26-27H,2-20,22,25H2,1H3;1H/q+1;/p-1. The van der Waals surface area contributed by atoms with E-state index in [-0.39, 0.29) is 17.0 Å². The summed E-state index contributed by atoms with van der Waals surface area (Å²) in [5.74, 6) is 0. The Balaban J connectivity index is 0.00000784. The molecule has 1 aromatic heterocycles. The Labute approximate surface area is 193 Å². The van der Waals surface area contributed by atoms with Crippen molar-refractivity contribution in [3.8, 4) is 0 Å². The second-order valence-corrected chi connectivity index (χ2v) is 8.83. The minimum absolute atomic E-state index is 0. The first-order valence-corrected chi connectivity index (χ1v) is 12.9. The summed E-state index contributed by atoms with van der Waals surface area (Å²) in [6.07, 6.45) is 33.4. The van der Waals surface area contributed by atoms with E-state index in [9.17, 15) is 0 Å². The van der Waals surface area contributed by atoms with Gasteiger partial charge in [-0.3, -0.25) is 0 Å². The van der Waals surface area contributed by atoms with E-state index in [0.717, 1.165) is 0 Å². The van der Waals surface area contributed by atoms with Crippen molar-refractivity contribution < 1.29 is 21.5 Å². The highest BCUT2D eigenvalue weighted by atomic mass is 79.9. The molecule has 1 rings (SSSR count). The molecule has 0 spiro atoms. The van der Waals surface area contributed by atoms with Gasteiger partial charge >= 0.3 is 0 Å². The van der Waals surface area contributed by atoms with Crippen LogP contribution in [0.4, 0.5) is 0 Å². The molecule has 1 aromatic rings. The third-order valence-electron chi connectivity index (χ3n) is 6.05. The number of pyridine rings is 1. The van der Waals surface area contributed by atoms with E-state index in [0.29, 0.717) is 0 Å². The molecule has 0 aromatic carbocycles. The highest BCUT2D eigenvalue weighted by molar-refractivity contribution is 4.83. The molecule has 0 saturated heterocycles. The van der Waals surface area contributed by atoms with E-state index in [4.69, 9.17) is 0 Å². The van der Waals surface area contributed by atoms with Crippen molar-refractivity contribution in [2.45, 2.75) is 142 Å². The molecule has 0 radical (unpaired) electrons. The van der Waals surface area contributed by atoms with Crippen LogP contribution in [0.15, 0.2) is 30.6 Å². The molecule has 0 unspecified atom stereocenters. The van der Waals surface area contributed by atoms with Crippen LogP contribution in [0, 0.1) is 0 Å². The van der Waals surface area contributed by atoms with Crippen LogP contribution < -0.4 is 21.5 Å². The van der Waals surface area contributed by atoms with Crippen molar-refractivity contribution >= 4 is 0 Å². The quantitative estimate of drug-likeness (QED) is 0.159. The zero-order valence-corrected chi connectivity index (χ0v) is 21.1. The number of rotatable bonds is 21. The molecule has 0 atom stereocenters. The van der Waals surface area contributed by atoms with Crippen LogP contribution in [0.5, 0.6) is 0 Å². The average molecular weight is 469 g/mol. The summed E-state index contributed by atoms with van der Waals surface area (Å²) in [6.45, 7) is 3.48. The molecule has 1 nitrogen and oxygen atoms in total. The first-order valence-electron chi connectivity index (χ1n) is 12.9. The number of hydrogen-bond acceptors (Lipinski definition) is 0. The van der Waals surface area contributed by atoms with E-state index in [1.54, 1.807) is 0 Å². The van der Waals surface area contributed by atoms with E-state index >= 15 is 0 Å². The monoisotopic (exact) mass is 467 g/mol. The van der Waals surface area contributed by atoms with Gasteiger partial charge in [0, 0.05) is 18.6 Å². The lowest BCUT2D eigenvalue weighted by molar-refractivity contribution is -0.697. The van der Waals surface area contributed by atoms with Gasteiger partial charge in [0.05, 0.1) is 0 Å². The summed E-state index contributed by atoms with van der Waals surface area (Å²) in [5.41, 5.74) is 0. The van der Waals surface area contributed by atoms with E-state index < -0.39 is 0 Å². The Bertz CT molecular complexity index is 406. The molecule has 0 aliphatic rings. The van der Waals surface area contributed by atoms with Gasteiger partial charge in [-0.25, -0.2) is 4.57 Å². The largest absolute Gasteiger partial charge is 1.00 e. The van der Waals surface area contributed by atoms with Crippen molar-refractivity contribution in [1.29, 1.82) is 0 Å². The maximum Gasteiger partial charge on any atom is 0.168 e. The molecular weight excluding hydrogens is 418 g/mol. The van der Waals surface area contributed by atoms with E-state index in [1.165, 1.54) is 135 Å². The zero-order chi connectivity index (χ0) is 20.0. The van der Waals surface area contributed by atoms with Crippen LogP contribution >= 0.6 is 0 Å². The van der Waals surface area contributed by atoms with Crippen LogP contribution in [-0.2, 0) is 6.54 Å². The fourth-order valence-corrected chi connectivity index (χ4v) is 4.13. The fraction of sp³-hybridized carbons (Fsp3) is 0.815. The number of unbranched alkanes of at least 4 members (excludes halogenated alkanes) is 19. The van der Waals surface area contributed by atoms with Gasteiger partial charge in [0.25, 0.3) is 0 Å². The van der Waals surface area contributed by atoms with E-state index in [2.05, 4.69) is 42.1 Å². The lowest BCUT2D eigenvalue weighted by atomic mass is 10.0. The second kappa shape index (κ2) is 23.9. The summed E-state index contributed by atoms with van der Waals surface area (Å²) in [6, 6.07) is 6.33. The number of nitrogens with zero attached hydrogens (tertiary/aromatic N) is 1. The number of aryl methyl sites for hydroxylation is 1. The Morgan fingerprint density at radius 1 is 0.414 bits per heavy atom. The molecule has 0 amide bonds. The highest BCUT2D eigenvalue weighted by Gasteiger charge is 1.98. The van der Waals surface area contributed by atoms with Gasteiger partial charge in [-0.1, -0.05) is 129 Å². The van der Waals surface area contributed by atoms with Crippen LogP contribution in [0.1, 0.15) is 135 Å². The zero-order valence-electron chi connectivity index (χ0n) is 19.6. The van der Waals surface area contributed by atoms with Crippen LogP contribution in [0.2, 0.25) is 0 Å². The molecule has 2 heteroatoms. The van der Waals surface area contributed by atoms with Crippen LogP contribution in [0.3, 0.4) is 0 Å². The topological polar surface area (TPSA) is 3.88 Å². The summed E-state index contributed by atoms with van der Waals surface area (Å²) >= 11 is 0. The molecule has 0 fully saturated rings. The fourth-order valence-electron chi connectivity index (χ4n) is 4.13. The van der Waals surface area contributed by atoms with Crippen molar-refractivity contribution in [2.75, 3.05) is 0 Å². The minimum Gasteiger partial charge on any atom is -1.00 e. The number of hydrogen-bond donors (Lipinski definition) is 0. The van der Waals surface area contributed by atoms with Crippen molar-refractivity contribution in [2.24, 2.45) is 0 Å². The van der Waals surface area contributed by atoms with Crippen LogP contribution in [0.25, 0.3) is 0 Å². The summed E-state index contributed by atoms with van der Waals surface area (Å²) in [4.78, 5) is 0. The Morgan fingerprint density at radius 2 is 0.724 bits per heavy atom. The predicted octanol–water partition coefficient (Wildman–Crippen LogP) is 5.80. The van der Waals surface area contributed by atoms with Gasteiger partial charge in [0.2, 0.25) is 0 Å². The lowest BCUT2D eigenvalue weighted by Crippen LogP contribution is -3.00. The molecular formula is C27H50BrN. The van der Waals surface area contributed by atoms with E-state index in [1.807, 2.05) is 0 Å². The van der Waals surface area contributed by atoms with Crippen LogP contribution in [-0.4, -0.2) is 0 Å². The van der Waals surface area contributed by atoms with Crippen molar-refractivity contribution in [3.63, 3.8) is 0 Å². The summed E-state index contributed by atoms with van der Waals surface area (Å²) in [7, 11) is 0. The molecule has 0 saturated carbocycles. The number of aromatic nitrogens is 1. The summed E-state index contributed by atoms with van der Waals surface area (Å²) in [5, 5.41) is 0. The first-order chi connectivity index (χ1) is 13.9. The van der Waals surface area contributed by atoms with Gasteiger partial charge in [-0.05, 0) is 6.42 Å². The summed E-state index contributed by atoms with van der Waals surface area (Å²) < 4.78 is 2.30. The number of halogens is 1.